The first-order valence-electron chi connectivity index (χ1n) is 15.9. The molecule has 0 N–H and O–H groups in total. The van der Waals surface area contributed by atoms with Crippen LogP contribution in [0.2, 0.25) is 13.1 Å². The molecule has 0 aromatic heterocycles. The standard InChI is InChI=1S/C36H46BNO4Si/c1-25(27-17-11-8-12-18-27)38(26(2)28-19-13-9-14-20-28)34(39)40-33(43(6,7)30-21-15-10-16-22-30)37-41-32-24-29-23-31(35(29,3)4)36(32,5)42-37/h8-22,25-26,29,31-33H,23-24H2,1-7H3/t25-,26-,29+,31+,32-,33+,36+/m1/s1. The van der Waals surface area contributed by atoms with Gasteiger partial charge in [-0.15, -0.1) is 0 Å². The summed E-state index contributed by atoms with van der Waals surface area (Å²) in [5.74, 6) is 1.08. The van der Waals surface area contributed by atoms with Crippen LogP contribution in [-0.2, 0) is 14.0 Å². The van der Waals surface area contributed by atoms with Gasteiger partial charge in [-0.2, -0.15) is 0 Å². The number of rotatable bonds is 8. The van der Waals surface area contributed by atoms with Crippen molar-refractivity contribution < 1.29 is 18.8 Å². The molecule has 4 aliphatic rings. The SMILES string of the molecule is C[C@H](c1ccccc1)N(C(=O)O[C@H](B1O[C@@H]2C[C@@H]3C[C@@H](C3(C)C)[C@]2(C)O1)[Si](C)(C)c1ccccc1)[C@H](C)c1ccccc1. The molecular formula is C36H46BNO4Si. The predicted octanol–water partition coefficient (Wildman–Crippen LogP) is 7.74. The number of amides is 1. The molecule has 3 aromatic rings. The molecule has 1 amide bonds. The molecule has 5 nitrogen and oxygen atoms in total. The normalized spacial score (nSPS) is 27.8. The first kappa shape index (κ1) is 30.2. The van der Waals surface area contributed by atoms with Crippen LogP contribution >= 0.6 is 0 Å². The fourth-order valence-electron chi connectivity index (χ4n) is 8.21. The number of ether oxygens (including phenoxy) is 1. The van der Waals surface area contributed by atoms with Crippen LogP contribution in [0.25, 0.3) is 0 Å². The number of carbonyl (C=O) groups excluding carboxylic acids is 1. The van der Waals surface area contributed by atoms with Gasteiger partial charge < -0.3 is 14.0 Å². The van der Waals surface area contributed by atoms with E-state index in [1.54, 1.807) is 0 Å². The molecule has 3 aliphatic carbocycles. The van der Waals surface area contributed by atoms with E-state index in [0.29, 0.717) is 11.8 Å². The molecule has 7 heteroatoms. The summed E-state index contributed by atoms with van der Waals surface area (Å²) in [5.41, 5.74) is 1.44. The Hall–Kier alpha value is -2.87. The monoisotopic (exact) mass is 595 g/mol. The van der Waals surface area contributed by atoms with Crippen molar-refractivity contribution in [2.45, 2.75) is 90.0 Å². The average molecular weight is 596 g/mol. The number of hydrogen-bond acceptors (Lipinski definition) is 4. The summed E-state index contributed by atoms with van der Waals surface area (Å²) >= 11 is 0. The van der Waals surface area contributed by atoms with Crippen molar-refractivity contribution in [2.75, 3.05) is 0 Å². The summed E-state index contributed by atoms with van der Waals surface area (Å²) in [6, 6.07) is 30.5. The molecule has 1 saturated heterocycles. The maximum absolute atomic E-state index is 14.6. The maximum atomic E-state index is 14.6. The minimum Gasteiger partial charge on any atom is -0.452 e. The number of hydrogen-bond donors (Lipinski definition) is 0. The minimum absolute atomic E-state index is 0.0126. The average Bonchev–Trinajstić information content (AvgIpc) is 3.37. The van der Waals surface area contributed by atoms with Crippen molar-refractivity contribution in [1.29, 1.82) is 0 Å². The van der Waals surface area contributed by atoms with Crippen LogP contribution < -0.4 is 5.19 Å². The molecule has 7 atom stereocenters. The zero-order valence-corrected chi connectivity index (χ0v) is 27.7. The Bertz CT molecular complexity index is 1380. The van der Waals surface area contributed by atoms with Gasteiger partial charge in [0.05, 0.1) is 23.8 Å². The van der Waals surface area contributed by atoms with Gasteiger partial charge >= 0.3 is 13.2 Å². The summed E-state index contributed by atoms with van der Waals surface area (Å²) < 4.78 is 20.6. The van der Waals surface area contributed by atoms with Crippen LogP contribution in [-0.4, -0.2) is 43.5 Å². The molecule has 226 valence electrons. The molecule has 3 saturated carbocycles. The van der Waals surface area contributed by atoms with E-state index in [0.717, 1.165) is 17.5 Å². The van der Waals surface area contributed by atoms with Crippen molar-refractivity contribution in [1.82, 2.24) is 4.90 Å². The topological polar surface area (TPSA) is 48.0 Å². The summed E-state index contributed by atoms with van der Waals surface area (Å²) in [5, 5.41) is 1.21. The fourth-order valence-corrected chi connectivity index (χ4v) is 10.8. The summed E-state index contributed by atoms with van der Waals surface area (Å²) in [7, 11) is -3.09. The highest BCUT2D eigenvalue weighted by molar-refractivity contribution is 6.97. The molecule has 4 fully saturated rings. The van der Waals surface area contributed by atoms with E-state index in [2.05, 4.69) is 96.2 Å². The van der Waals surface area contributed by atoms with E-state index in [4.69, 9.17) is 14.0 Å². The first-order chi connectivity index (χ1) is 20.4. The van der Waals surface area contributed by atoms with Gasteiger partial charge in [-0.05, 0) is 62.0 Å². The van der Waals surface area contributed by atoms with Crippen LogP contribution in [0.1, 0.15) is 70.7 Å². The van der Waals surface area contributed by atoms with Crippen molar-refractivity contribution in [2.24, 2.45) is 17.3 Å². The molecule has 0 radical (unpaired) electrons. The Morgan fingerprint density at radius 3 is 1.88 bits per heavy atom. The van der Waals surface area contributed by atoms with Gasteiger partial charge in [-0.3, -0.25) is 4.90 Å². The lowest BCUT2D eigenvalue weighted by Gasteiger charge is -2.64. The van der Waals surface area contributed by atoms with E-state index >= 15 is 0 Å². The third-order valence-electron chi connectivity index (χ3n) is 11.3. The lowest BCUT2D eigenvalue weighted by atomic mass is 9.43. The van der Waals surface area contributed by atoms with Crippen LogP contribution in [0.4, 0.5) is 4.79 Å². The second-order valence-electron chi connectivity index (χ2n) is 14.3. The van der Waals surface area contributed by atoms with Gasteiger partial charge in [0.1, 0.15) is 13.7 Å². The summed E-state index contributed by atoms with van der Waals surface area (Å²) in [6.07, 6.45) is 1.84. The van der Waals surface area contributed by atoms with Crippen molar-refractivity contribution in [3.8, 4) is 0 Å². The van der Waals surface area contributed by atoms with E-state index in [-0.39, 0.29) is 35.3 Å². The van der Waals surface area contributed by atoms with E-state index < -0.39 is 20.8 Å². The van der Waals surface area contributed by atoms with Crippen molar-refractivity contribution >= 4 is 26.5 Å². The Morgan fingerprint density at radius 2 is 1.37 bits per heavy atom. The van der Waals surface area contributed by atoms with Gasteiger partial charge in [-0.25, -0.2) is 4.79 Å². The Balaban J connectivity index is 1.36. The number of benzene rings is 3. The van der Waals surface area contributed by atoms with Gasteiger partial charge in [0.25, 0.3) is 0 Å². The molecular weight excluding hydrogens is 549 g/mol. The Morgan fingerprint density at radius 1 is 0.860 bits per heavy atom. The second-order valence-corrected chi connectivity index (χ2v) is 18.9. The van der Waals surface area contributed by atoms with Crippen LogP contribution in [0.5, 0.6) is 0 Å². The van der Waals surface area contributed by atoms with Gasteiger partial charge in [0.15, 0.2) is 0 Å². The number of nitrogens with zero attached hydrogens (tertiary/aromatic N) is 1. The third-order valence-corrected chi connectivity index (χ3v) is 14.9. The lowest BCUT2D eigenvalue weighted by molar-refractivity contribution is -0.199. The lowest BCUT2D eigenvalue weighted by Crippen LogP contribution is -2.65. The zero-order chi connectivity index (χ0) is 30.6. The third kappa shape index (κ3) is 5.17. The van der Waals surface area contributed by atoms with Crippen molar-refractivity contribution in [3.05, 3.63) is 102 Å². The molecule has 1 heterocycles. The van der Waals surface area contributed by atoms with Crippen LogP contribution in [0.3, 0.4) is 0 Å². The number of carbonyl (C=O) groups is 1. The highest BCUT2D eigenvalue weighted by Gasteiger charge is 2.69. The Kier molecular flexibility index (Phi) is 7.89. The highest BCUT2D eigenvalue weighted by atomic mass is 28.3. The molecule has 0 spiro atoms. The molecule has 43 heavy (non-hydrogen) atoms. The zero-order valence-electron chi connectivity index (χ0n) is 26.7. The summed E-state index contributed by atoms with van der Waals surface area (Å²) in [4.78, 5) is 16.5. The molecule has 0 unspecified atom stereocenters. The maximum Gasteiger partial charge on any atom is 0.498 e. The van der Waals surface area contributed by atoms with E-state index in [1.807, 2.05) is 47.4 Å². The fraction of sp³-hybridized carbons (Fsp3) is 0.472. The molecule has 7 rings (SSSR count). The van der Waals surface area contributed by atoms with Gasteiger partial charge in [0, 0.05) is 0 Å². The largest absolute Gasteiger partial charge is 0.498 e. The molecule has 3 aromatic carbocycles. The van der Waals surface area contributed by atoms with Crippen LogP contribution in [0.15, 0.2) is 91.0 Å². The van der Waals surface area contributed by atoms with E-state index in [9.17, 15) is 4.79 Å². The minimum atomic E-state index is -2.47. The Labute approximate surface area is 259 Å². The quantitative estimate of drug-likeness (QED) is 0.250. The van der Waals surface area contributed by atoms with Gasteiger partial charge in [-0.1, -0.05) is 123 Å². The second kappa shape index (κ2) is 11.2. The van der Waals surface area contributed by atoms with Gasteiger partial charge in [0.2, 0.25) is 0 Å². The van der Waals surface area contributed by atoms with E-state index in [1.165, 1.54) is 11.6 Å². The predicted molar refractivity (Wildman–Crippen MR) is 175 cm³/mol. The first-order valence-corrected chi connectivity index (χ1v) is 19.0. The summed E-state index contributed by atoms with van der Waals surface area (Å²) in [6.45, 7) is 15.7. The van der Waals surface area contributed by atoms with Crippen molar-refractivity contribution in [3.63, 3.8) is 0 Å². The highest BCUT2D eigenvalue weighted by Crippen LogP contribution is 2.66. The van der Waals surface area contributed by atoms with Crippen LogP contribution in [0, 0.1) is 17.3 Å². The molecule has 2 bridgehead atoms. The molecule has 1 aliphatic heterocycles. The smallest absolute Gasteiger partial charge is 0.452 e.